The third-order valence-corrected chi connectivity index (χ3v) is 2.52. The summed E-state index contributed by atoms with van der Waals surface area (Å²) in [5, 5.41) is 8.54. The van der Waals surface area contributed by atoms with Crippen molar-refractivity contribution in [3.05, 3.63) is 0 Å². The van der Waals surface area contributed by atoms with Crippen molar-refractivity contribution in [2.24, 2.45) is 0 Å². The van der Waals surface area contributed by atoms with E-state index in [2.05, 4.69) is 17.9 Å². The zero-order valence-electron chi connectivity index (χ0n) is 7.21. The summed E-state index contributed by atoms with van der Waals surface area (Å²) in [4.78, 5) is 2.28. The van der Waals surface area contributed by atoms with Crippen LogP contribution in [0.4, 0.5) is 0 Å². The van der Waals surface area contributed by atoms with Crippen LogP contribution < -0.4 is 0 Å². The Balaban J connectivity index is 2.34. The molecular weight excluding hydrogens is 136 g/mol. The highest BCUT2D eigenvalue weighted by Crippen LogP contribution is 2.22. The molecule has 2 nitrogen and oxygen atoms in total. The van der Waals surface area contributed by atoms with Crippen molar-refractivity contribution in [3.8, 4) is 6.07 Å². The maximum Gasteiger partial charge on any atom is 0.0868 e. The third-order valence-electron chi connectivity index (χ3n) is 2.52. The second kappa shape index (κ2) is 4.35. The van der Waals surface area contributed by atoms with E-state index in [4.69, 9.17) is 5.26 Å². The van der Waals surface area contributed by atoms with Crippen molar-refractivity contribution in [2.45, 2.75) is 38.6 Å². The highest BCUT2D eigenvalue weighted by molar-refractivity contribution is 4.83. The lowest BCUT2D eigenvalue weighted by atomic mass is 10.2. The summed E-state index contributed by atoms with van der Waals surface area (Å²) in [5.41, 5.74) is 0. The Hall–Kier alpha value is -0.550. The topological polar surface area (TPSA) is 27.0 Å². The van der Waals surface area contributed by atoms with Crippen LogP contribution in [0.2, 0.25) is 0 Å². The smallest absolute Gasteiger partial charge is 0.0868 e. The standard InChI is InChI=1S/C9H16N2/c1-2-11(8-7-10)9-5-3-4-6-9/h9H,2-6,8H2,1H3. The molecule has 0 heterocycles. The average molecular weight is 152 g/mol. The summed E-state index contributed by atoms with van der Waals surface area (Å²) in [6.07, 6.45) is 5.31. The largest absolute Gasteiger partial charge is 0.288 e. The quantitative estimate of drug-likeness (QED) is 0.576. The van der Waals surface area contributed by atoms with Crippen molar-refractivity contribution < 1.29 is 0 Å². The molecule has 0 aromatic rings. The molecule has 1 rings (SSSR count). The summed E-state index contributed by atoms with van der Waals surface area (Å²) in [7, 11) is 0. The molecule has 1 aliphatic rings. The van der Waals surface area contributed by atoms with Gasteiger partial charge in [-0.05, 0) is 19.4 Å². The second-order valence-electron chi connectivity index (χ2n) is 3.16. The predicted molar refractivity (Wildman–Crippen MR) is 45.1 cm³/mol. The molecule has 0 aliphatic heterocycles. The lowest BCUT2D eigenvalue weighted by Gasteiger charge is -2.23. The minimum atomic E-state index is 0.612. The van der Waals surface area contributed by atoms with Gasteiger partial charge in [0.2, 0.25) is 0 Å². The van der Waals surface area contributed by atoms with Crippen LogP contribution in [0.15, 0.2) is 0 Å². The Bertz CT molecular complexity index is 142. The maximum absolute atomic E-state index is 8.54. The van der Waals surface area contributed by atoms with Crippen LogP contribution in [0.3, 0.4) is 0 Å². The summed E-state index contributed by atoms with van der Waals surface area (Å²) >= 11 is 0. The van der Waals surface area contributed by atoms with Gasteiger partial charge in [-0.1, -0.05) is 19.8 Å². The molecule has 0 atom stereocenters. The van der Waals surface area contributed by atoms with Crippen LogP contribution in [0.5, 0.6) is 0 Å². The van der Waals surface area contributed by atoms with Gasteiger partial charge in [0.15, 0.2) is 0 Å². The molecule has 0 aromatic carbocycles. The molecule has 1 aliphatic carbocycles. The van der Waals surface area contributed by atoms with E-state index < -0.39 is 0 Å². The van der Waals surface area contributed by atoms with Crippen molar-refractivity contribution in [2.75, 3.05) is 13.1 Å². The molecule has 0 bridgehead atoms. The monoisotopic (exact) mass is 152 g/mol. The number of rotatable bonds is 3. The lowest BCUT2D eigenvalue weighted by Crippen LogP contribution is -2.33. The molecular formula is C9H16N2. The van der Waals surface area contributed by atoms with E-state index in [1.54, 1.807) is 0 Å². The van der Waals surface area contributed by atoms with Gasteiger partial charge in [-0.3, -0.25) is 4.90 Å². The van der Waals surface area contributed by atoms with Gasteiger partial charge in [0.05, 0.1) is 12.6 Å². The molecule has 62 valence electrons. The molecule has 0 radical (unpaired) electrons. The summed E-state index contributed by atoms with van der Waals surface area (Å²) in [5.74, 6) is 0. The fraction of sp³-hybridized carbons (Fsp3) is 0.889. The summed E-state index contributed by atoms with van der Waals surface area (Å²) in [6.45, 7) is 3.77. The Labute approximate surface area is 68.8 Å². The highest BCUT2D eigenvalue weighted by Gasteiger charge is 2.20. The molecule has 0 aromatic heterocycles. The lowest BCUT2D eigenvalue weighted by molar-refractivity contribution is 0.234. The summed E-state index contributed by atoms with van der Waals surface area (Å²) < 4.78 is 0. The minimum absolute atomic E-state index is 0.612. The first-order chi connectivity index (χ1) is 5.38. The molecule has 1 fully saturated rings. The van der Waals surface area contributed by atoms with Gasteiger partial charge in [-0.2, -0.15) is 5.26 Å². The van der Waals surface area contributed by atoms with E-state index in [0.717, 1.165) is 6.54 Å². The first-order valence-corrected chi connectivity index (χ1v) is 4.49. The number of nitriles is 1. The van der Waals surface area contributed by atoms with Gasteiger partial charge in [-0.15, -0.1) is 0 Å². The average Bonchev–Trinajstić information content (AvgIpc) is 2.52. The minimum Gasteiger partial charge on any atom is -0.288 e. The fourth-order valence-corrected chi connectivity index (χ4v) is 1.86. The molecule has 1 saturated carbocycles. The fourth-order valence-electron chi connectivity index (χ4n) is 1.86. The van der Waals surface area contributed by atoms with Crippen LogP contribution in [-0.2, 0) is 0 Å². The van der Waals surface area contributed by atoms with E-state index >= 15 is 0 Å². The first kappa shape index (κ1) is 8.55. The molecule has 0 amide bonds. The van der Waals surface area contributed by atoms with Crippen molar-refractivity contribution >= 4 is 0 Å². The van der Waals surface area contributed by atoms with Crippen LogP contribution >= 0.6 is 0 Å². The molecule has 0 saturated heterocycles. The Kier molecular flexibility index (Phi) is 3.38. The Morgan fingerprint density at radius 2 is 2.09 bits per heavy atom. The van der Waals surface area contributed by atoms with Gasteiger partial charge in [0.25, 0.3) is 0 Å². The van der Waals surface area contributed by atoms with Crippen LogP contribution in [0, 0.1) is 11.3 Å². The van der Waals surface area contributed by atoms with Crippen LogP contribution in [-0.4, -0.2) is 24.0 Å². The van der Waals surface area contributed by atoms with E-state index in [1.165, 1.54) is 25.7 Å². The number of nitrogens with zero attached hydrogens (tertiary/aromatic N) is 2. The number of hydrogen-bond acceptors (Lipinski definition) is 2. The Morgan fingerprint density at radius 3 is 2.55 bits per heavy atom. The van der Waals surface area contributed by atoms with E-state index in [-0.39, 0.29) is 0 Å². The van der Waals surface area contributed by atoms with E-state index in [9.17, 15) is 0 Å². The number of hydrogen-bond donors (Lipinski definition) is 0. The third kappa shape index (κ3) is 2.20. The van der Waals surface area contributed by atoms with E-state index in [1.807, 2.05) is 0 Å². The zero-order chi connectivity index (χ0) is 8.10. The SMILES string of the molecule is CCN(CC#N)C1CCCC1. The van der Waals surface area contributed by atoms with Gasteiger partial charge >= 0.3 is 0 Å². The van der Waals surface area contributed by atoms with Crippen LogP contribution in [0.25, 0.3) is 0 Å². The molecule has 2 heteroatoms. The van der Waals surface area contributed by atoms with Gasteiger partial charge < -0.3 is 0 Å². The highest BCUT2D eigenvalue weighted by atomic mass is 15.1. The first-order valence-electron chi connectivity index (χ1n) is 4.49. The van der Waals surface area contributed by atoms with E-state index in [0.29, 0.717) is 12.6 Å². The van der Waals surface area contributed by atoms with Gasteiger partial charge in [-0.25, -0.2) is 0 Å². The predicted octanol–water partition coefficient (Wildman–Crippen LogP) is 1.77. The molecule has 0 spiro atoms. The molecule has 0 unspecified atom stereocenters. The van der Waals surface area contributed by atoms with Gasteiger partial charge in [0, 0.05) is 6.04 Å². The van der Waals surface area contributed by atoms with Crippen LogP contribution in [0.1, 0.15) is 32.6 Å². The second-order valence-corrected chi connectivity index (χ2v) is 3.16. The van der Waals surface area contributed by atoms with Crippen molar-refractivity contribution in [1.82, 2.24) is 4.90 Å². The molecule has 11 heavy (non-hydrogen) atoms. The zero-order valence-corrected chi connectivity index (χ0v) is 7.21. The van der Waals surface area contributed by atoms with Gasteiger partial charge in [0.1, 0.15) is 0 Å². The van der Waals surface area contributed by atoms with Crippen molar-refractivity contribution in [1.29, 1.82) is 5.26 Å². The molecule has 0 N–H and O–H groups in total. The van der Waals surface area contributed by atoms with Crippen molar-refractivity contribution in [3.63, 3.8) is 0 Å². The maximum atomic E-state index is 8.54. The summed E-state index contributed by atoms with van der Waals surface area (Å²) in [6, 6.07) is 2.93. The normalized spacial score (nSPS) is 19.0. The Morgan fingerprint density at radius 1 is 1.45 bits per heavy atom.